The van der Waals surface area contributed by atoms with Crippen molar-refractivity contribution >= 4 is 39.3 Å². The first-order valence-corrected chi connectivity index (χ1v) is 13.8. The van der Waals surface area contributed by atoms with E-state index in [0.29, 0.717) is 25.8 Å². The van der Waals surface area contributed by atoms with Crippen molar-refractivity contribution in [1.82, 2.24) is 19.4 Å². The van der Waals surface area contributed by atoms with Gasteiger partial charge in [-0.1, -0.05) is 0 Å². The summed E-state index contributed by atoms with van der Waals surface area (Å²) in [7, 11) is -3.80. The number of amides is 3. The number of carbonyl (C=O) groups excluding carboxylic acids is 3. The minimum atomic E-state index is -3.80. The average molecular weight is 524 g/mol. The van der Waals surface area contributed by atoms with Gasteiger partial charge in [-0.15, -0.1) is 0 Å². The van der Waals surface area contributed by atoms with E-state index in [2.05, 4.69) is 11.4 Å². The number of nitriles is 1. The van der Waals surface area contributed by atoms with E-state index in [4.69, 9.17) is 4.74 Å². The summed E-state index contributed by atoms with van der Waals surface area (Å²) in [6.45, 7) is 5.46. The van der Waals surface area contributed by atoms with E-state index in [-0.39, 0.29) is 18.0 Å². The Morgan fingerprint density at radius 2 is 2.11 bits per heavy atom. The fourth-order valence-electron chi connectivity index (χ4n) is 4.84. The van der Waals surface area contributed by atoms with E-state index in [1.807, 2.05) is 0 Å². The van der Waals surface area contributed by atoms with E-state index in [1.54, 1.807) is 26.2 Å². The molecular formula is C22H29N5O6S2. The van der Waals surface area contributed by atoms with Crippen LogP contribution in [0.4, 0.5) is 4.79 Å². The molecule has 1 aromatic rings. The van der Waals surface area contributed by atoms with Gasteiger partial charge in [-0.25, -0.2) is 13.2 Å². The molecule has 11 nitrogen and oxygen atoms in total. The monoisotopic (exact) mass is 523 g/mol. The van der Waals surface area contributed by atoms with Crippen molar-refractivity contribution in [1.29, 1.82) is 5.26 Å². The minimum absolute atomic E-state index is 0.118. The van der Waals surface area contributed by atoms with Crippen LogP contribution in [0.25, 0.3) is 0 Å². The van der Waals surface area contributed by atoms with Gasteiger partial charge in [-0.2, -0.15) is 20.9 Å². The van der Waals surface area contributed by atoms with Gasteiger partial charge in [0.05, 0.1) is 17.5 Å². The van der Waals surface area contributed by atoms with Crippen molar-refractivity contribution in [2.45, 2.75) is 74.7 Å². The molecule has 3 amide bonds. The van der Waals surface area contributed by atoms with Crippen molar-refractivity contribution in [3.8, 4) is 6.07 Å². The van der Waals surface area contributed by atoms with Crippen molar-refractivity contribution in [2.24, 2.45) is 0 Å². The van der Waals surface area contributed by atoms with E-state index >= 15 is 0 Å². The Hall–Kier alpha value is -2.69. The SMILES string of the molecule is CC(C)(C)OC(=O)N[C@@H](CN1C(=O)[C@@H]2C[C@H]1CN2S(=O)(=O)c1ccsc1)C(=O)N1CCC[C@H]1C#N. The number of hydrogen-bond acceptors (Lipinski definition) is 8. The highest BCUT2D eigenvalue weighted by atomic mass is 32.2. The van der Waals surface area contributed by atoms with Gasteiger partial charge >= 0.3 is 6.09 Å². The Morgan fingerprint density at radius 3 is 2.71 bits per heavy atom. The zero-order chi connectivity index (χ0) is 25.5. The number of thiophene rings is 1. The molecule has 0 spiro atoms. The van der Waals surface area contributed by atoms with E-state index in [9.17, 15) is 28.1 Å². The molecule has 4 heterocycles. The van der Waals surface area contributed by atoms with E-state index < -0.39 is 57.7 Å². The number of nitrogens with zero attached hydrogens (tertiary/aromatic N) is 4. The standard InChI is InChI=1S/C22H29N5O6S2/c1-22(2,3)33-21(30)24-17(19(28)25-7-4-5-14(25)10-23)12-26-15-9-18(20(26)29)27(11-15)35(31,32)16-6-8-34-13-16/h6,8,13-15,17-18H,4-5,7,9,11-12H2,1-3H3,(H,24,30)/t14-,15-,17-,18-/m0/s1. The van der Waals surface area contributed by atoms with Gasteiger partial charge in [-0.05, 0) is 51.5 Å². The normalized spacial score (nSPS) is 25.5. The molecule has 3 aliphatic rings. The van der Waals surface area contributed by atoms with Crippen LogP contribution in [0.5, 0.6) is 0 Å². The summed E-state index contributed by atoms with van der Waals surface area (Å²) in [5.74, 6) is -0.861. The zero-order valence-electron chi connectivity index (χ0n) is 19.8. The number of sulfonamides is 1. The average Bonchev–Trinajstić information content (AvgIpc) is 3.56. The number of hydrogen-bond donors (Lipinski definition) is 1. The predicted molar refractivity (Wildman–Crippen MR) is 126 cm³/mol. The second-order valence-electron chi connectivity index (χ2n) is 9.95. The Kier molecular flexibility index (Phi) is 6.82. The summed E-state index contributed by atoms with van der Waals surface area (Å²) >= 11 is 1.26. The number of alkyl carbamates (subject to hydrolysis) is 1. The summed E-state index contributed by atoms with van der Waals surface area (Å²) in [6, 6.07) is 0.646. The van der Waals surface area contributed by atoms with E-state index in [0.717, 1.165) is 0 Å². The number of piperazine rings is 1. The van der Waals surface area contributed by atoms with Gasteiger partial charge in [0.25, 0.3) is 0 Å². The lowest BCUT2D eigenvalue weighted by atomic mass is 10.1. The zero-order valence-corrected chi connectivity index (χ0v) is 21.5. The second-order valence-corrected chi connectivity index (χ2v) is 12.6. The molecule has 190 valence electrons. The topological polar surface area (TPSA) is 140 Å². The lowest BCUT2D eigenvalue weighted by Gasteiger charge is -2.36. The maximum Gasteiger partial charge on any atom is 0.408 e. The molecule has 0 radical (unpaired) electrons. The summed E-state index contributed by atoms with van der Waals surface area (Å²) in [6.07, 6.45) is 0.734. The Balaban J connectivity index is 1.51. The van der Waals surface area contributed by atoms with Crippen molar-refractivity contribution < 1.29 is 27.5 Å². The number of ether oxygens (including phenoxy) is 1. The third-order valence-electron chi connectivity index (χ3n) is 6.40. The van der Waals surface area contributed by atoms with Gasteiger partial charge in [-0.3, -0.25) is 9.59 Å². The van der Waals surface area contributed by atoms with Crippen LogP contribution in [0.2, 0.25) is 0 Å². The highest BCUT2D eigenvalue weighted by molar-refractivity contribution is 7.89. The van der Waals surface area contributed by atoms with Crippen molar-refractivity contribution in [3.05, 3.63) is 16.8 Å². The first-order chi connectivity index (χ1) is 16.4. The Labute approximate surface area is 208 Å². The third kappa shape index (κ3) is 5.00. The molecular weight excluding hydrogens is 494 g/mol. The van der Waals surface area contributed by atoms with E-state index in [1.165, 1.54) is 36.9 Å². The molecule has 3 saturated heterocycles. The summed E-state index contributed by atoms with van der Waals surface area (Å²) < 4.78 is 32.5. The predicted octanol–water partition coefficient (Wildman–Crippen LogP) is 1.13. The smallest absolute Gasteiger partial charge is 0.408 e. The number of likely N-dealkylation sites (tertiary alicyclic amines) is 2. The molecule has 1 N–H and O–H groups in total. The Bertz CT molecular complexity index is 1140. The van der Waals surface area contributed by atoms with Crippen LogP contribution in [0.15, 0.2) is 21.7 Å². The quantitative estimate of drug-likeness (QED) is 0.589. The van der Waals surface area contributed by atoms with Crippen molar-refractivity contribution in [2.75, 3.05) is 19.6 Å². The van der Waals surface area contributed by atoms with Crippen LogP contribution in [-0.2, 0) is 24.3 Å². The fraction of sp³-hybridized carbons (Fsp3) is 0.636. The van der Waals surface area contributed by atoms with Crippen LogP contribution in [-0.4, -0.2) is 89.8 Å². The minimum Gasteiger partial charge on any atom is -0.444 e. The summed E-state index contributed by atoms with van der Waals surface area (Å²) in [5, 5.41) is 15.2. The number of rotatable bonds is 6. The van der Waals surface area contributed by atoms with Crippen LogP contribution >= 0.6 is 11.3 Å². The molecule has 3 aliphatic heterocycles. The number of nitrogens with one attached hydrogen (secondary N) is 1. The molecule has 35 heavy (non-hydrogen) atoms. The summed E-state index contributed by atoms with van der Waals surface area (Å²) in [5.41, 5.74) is -0.792. The Morgan fingerprint density at radius 1 is 1.37 bits per heavy atom. The molecule has 4 rings (SSSR count). The van der Waals surface area contributed by atoms with Gasteiger partial charge in [0.2, 0.25) is 21.8 Å². The largest absolute Gasteiger partial charge is 0.444 e. The lowest BCUT2D eigenvalue weighted by Crippen LogP contribution is -2.59. The fourth-order valence-corrected chi connectivity index (χ4v) is 7.49. The van der Waals surface area contributed by atoms with Crippen LogP contribution in [0, 0.1) is 11.3 Å². The van der Waals surface area contributed by atoms with Gasteiger partial charge in [0, 0.05) is 24.5 Å². The van der Waals surface area contributed by atoms with Gasteiger partial charge < -0.3 is 19.9 Å². The molecule has 0 aromatic carbocycles. The molecule has 4 atom stereocenters. The van der Waals surface area contributed by atoms with Crippen molar-refractivity contribution in [3.63, 3.8) is 0 Å². The highest BCUT2D eigenvalue weighted by Gasteiger charge is 2.54. The second kappa shape index (κ2) is 9.40. The lowest BCUT2D eigenvalue weighted by molar-refractivity contribution is -0.138. The molecule has 3 fully saturated rings. The summed E-state index contributed by atoms with van der Waals surface area (Å²) in [4.78, 5) is 42.1. The molecule has 0 aliphatic carbocycles. The van der Waals surface area contributed by atoms with Crippen LogP contribution < -0.4 is 5.32 Å². The molecule has 0 saturated carbocycles. The molecule has 0 unspecified atom stereocenters. The first-order valence-electron chi connectivity index (χ1n) is 11.5. The molecule has 2 bridgehead atoms. The van der Waals surface area contributed by atoms with Gasteiger partial charge in [0.1, 0.15) is 23.7 Å². The van der Waals surface area contributed by atoms with Crippen LogP contribution in [0.1, 0.15) is 40.0 Å². The molecule has 13 heteroatoms. The maximum absolute atomic E-state index is 13.4. The number of carbonyl (C=O) groups is 3. The number of fused-ring (bicyclic) bond motifs is 2. The first kappa shape index (κ1) is 25.4. The molecule has 1 aromatic heterocycles. The highest BCUT2D eigenvalue weighted by Crippen LogP contribution is 2.36. The third-order valence-corrected chi connectivity index (χ3v) is 9.10. The maximum atomic E-state index is 13.4. The van der Waals surface area contributed by atoms with Gasteiger partial charge in [0.15, 0.2) is 0 Å². The van der Waals surface area contributed by atoms with Crippen LogP contribution in [0.3, 0.4) is 0 Å².